The highest BCUT2D eigenvalue weighted by atomic mass is 35.5. The highest BCUT2D eigenvalue weighted by Gasteiger charge is 2.27. The van der Waals surface area contributed by atoms with E-state index in [1.165, 1.54) is 17.3 Å². The van der Waals surface area contributed by atoms with Crippen molar-refractivity contribution in [2.45, 2.75) is 55.7 Å². The Labute approximate surface area is 241 Å². The number of nitrogens with zero attached hydrogens (tertiary/aromatic N) is 3. The van der Waals surface area contributed by atoms with Gasteiger partial charge in [0.25, 0.3) is 0 Å². The third-order valence-electron chi connectivity index (χ3n) is 7.60. The SMILES string of the molecule is COc1c(Nc2ncc(Cl)c(Nc3ccccc3S(=O)(=O)C(C)C)n2)ccc2c1CCCC(N1CCOCC1)C2. The molecule has 9 nitrogen and oxygen atoms in total. The van der Waals surface area contributed by atoms with Gasteiger partial charge in [-0.1, -0.05) is 29.8 Å². The number of aromatic nitrogens is 2. The lowest BCUT2D eigenvalue weighted by molar-refractivity contribution is 0.0149. The topological polar surface area (TPSA) is 106 Å². The smallest absolute Gasteiger partial charge is 0.229 e. The van der Waals surface area contributed by atoms with Crippen LogP contribution in [0.5, 0.6) is 5.75 Å². The average Bonchev–Trinajstić information content (AvgIpc) is 3.18. The molecule has 1 fully saturated rings. The molecule has 3 aromatic rings. The van der Waals surface area contributed by atoms with Crippen LogP contribution in [0.4, 0.5) is 23.1 Å². The summed E-state index contributed by atoms with van der Waals surface area (Å²) in [7, 11) is -1.83. The maximum Gasteiger partial charge on any atom is 0.229 e. The number of anilines is 4. The third-order valence-corrected chi connectivity index (χ3v) is 10.1. The van der Waals surface area contributed by atoms with E-state index in [9.17, 15) is 8.42 Å². The molecule has 0 bridgehead atoms. The number of ether oxygens (including phenoxy) is 2. The van der Waals surface area contributed by atoms with Crippen LogP contribution < -0.4 is 15.4 Å². The van der Waals surface area contributed by atoms with E-state index < -0.39 is 15.1 Å². The molecule has 1 aliphatic carbocycles. The van der Waals surface area contributed by atoms with E-state index in [4.69, 9.17) is 21.1 Å². The van der Waals surface area contributed by atoms with E-state index in [1.807, 2.05) is 6.07 Å². The lowest BCUT2D eigenvalue weighted by Crippen LogP contribution is -2.44. The van der Waals surface area contributed by atoms with Gasteiger partial charge in [0.15, 0.2) is 15.7 Å². The highest BCUT2D eigenvalue weighted by molar-refractivity contribution is 7.92. The van der Waals surface area contributed by atoms with Gasteiger partial charge in [0.05, 0.1) is 48.0 Å². The monoisotopic (exact) mass is 585 g/mol. The first kappa shape index (κ1) is 28.6. The van der Waals surface area contributed by atoms with Crippen LogP contribution in [0.25, 0.3) is 0 Å². The molecule has 2 heterocycles. The van der Waals surface area contributed by atoms with Crippen molar-refractivity contribution in [2.75, 3.05) is 44.0 Å². The Balaban J connectivity index is 1.40. The fourth-order valence-electron chi connectivity index (χ4n) is 5.43. The van der Waals surface area contributed by atoms with Crippen molar-refractivity contribution in [1.82, 2.24) is 14.9 Å². The molecule has 214 valence electrons. The fraction of sp³-hybridized carbons (Fsp3) is 0.448. The van der Waals surface area contributed by atoms with Gasteiger partial charge in [0.2, 0.25) is 5.95 Å². The summed E-state index contributed by atoms with van der Waals surface area (Å²) in [5, 5.41) is 6.10. The first-order valence-electron chi connectivity index (χ1n) is 13.7. The molecule has 1 aromatic heterocycles. The van der Waals surface area contributed by atoms with Crippen molar-refractivity contribution < 1.29 is 17.9 Å². The summed E-state index contributed by atoms with van der Waals surface area (Å²) in [6.07, 6.45) is 5.63. The summed E-state index contributed by atoms with van der Waals surface area (Å²) in [6.45, 7) is 6.87. The lowest BCUT2D eigenvalue weighted by Gasteiger charge is -2.34. The second-order valence-corrected chi connectivity index (χ2v) is 13.3. The molecule has 5 rings (SSSR count). The molecular formula is C29H36ClN5O4S. The standard InChI is InChI=1S/C29H36ClN5O4S/c1-19(2)40(36,37)26-10-5-4-9-24(26)32-28-23(30)18-31-29(34-28)33-25-12-11-20-17-21(35-13-15-39-16-14-35)7-6-8-22(20)27(25)38-3/h4-5,9-12,18-19,21H,6-8,13-17H2,1-3H3,(H2,31,32,33,34). The molecular weight excluding hydrogens is 550 g/mol. The van der Waals surface area contributed by atoms with Gasteiger partial charge in [-0.25, -0.2) is 13.4 Å². The van der Waals surface area contributed by atoms with E-state index >= 15 is 0 Å². The number of methoxy groups -OCH3 is 1. The van der Waals surface area contributed by atoms with E-state index in [0.29, 0.717) is 23.5 Å². The first-order chi connectivity index (χ1) is 19.3. The van der Waals surface area contributed by atoms with Crippen LogP contribution in [-0.2, 0) is 27.4 Å². The largest absolute Gasteiger partial charge is 0.494 e. The zero-order valence-electron chi connectivity index (χ0n) is 23.1. The molecule has 0 saturated carbocycles. The quantitative estimate of drug-likeness (QED) is 0.337. The Morgan fingerprint density at radius 3 is 2.62 bits per heavy atom. The number of benzene rings is 2. The van der Waals surface area contributed by atoms with Crippen LogP contribution in [-0.4, -0.2) is 68.0 Å². The van der Waals surface area contributed by atoms with Crippen molar-refractivity contribution in [3.05, 3.63) is 58.7 Å². The number of morpholine rings is 1. The van der Waals surface area contributed by atoms with E-state index in [-0.39, 0.29) is 9.92 Å². The van der Waals surface area contributed by atoms with E-state index in [0.717, 1.165) is 63.4 Å². The Bertz CT molecular complexity index is 1460. The predicted octanol–water partition coefficient (Wildman–Crippen LogP) is 5.39. The van der Waals surface area contributed by atoms with E-state index in [1.54, 1.807) is 45.2 Å². The number of sulfone groups is 1. The van der Waals surface area contributed by atoms with Crippen LogP contribution in [0.2, 0.25) is 5.02 Å². The third kappa shape index (κ3) is 6.05. The zero-order chi connectivity index (χ0) is 28.3. The summed E-state index contributed by atoms with van der Waals surface area (Å²) >= 11 is 6.43. The molecule has 0 radical (unpaired) electrons. The summed E-state index contributed by atoms with van der Waals surface area (Å²) in [6, 6.07) is 11.4. The van der Waals surface area contributed by atoms with Crippen molar-refractivity contribution in [3.8, 4) is 5.75 Å². The van der Waals surface area contributed by atoms with Gasteiger partial charge in [-0.2, -0.15) is 4.98 Å². The molecule has 2 aliphatic rings. The van der Waals surface area contributed by atoms with E-state index in [2.05, 4.69) is 31.6 Å². The van der Waals surface area contributed by atoms with Crippen molar-refractivity contribution >= 4 is 44.6 Å². The first-order valence-corrected chi connectivity index (χ1v) is 15.6. The van der Waals surface area contributed by atoms with Crippen LogP contribution in [0, 0.1) is 0 Å². The number of hydrogen-bond donors (Lipinski definition) is 2. The summed E-state index contributed by atoms with van der Waals surface area (Å²) in [5.41, 5.74) is 3.68. The maximum absolute atomic E-state index is 12.9. The molecule has 1 saturated heterocycles. The normalized spacial score (nSPS) is 18.2. The minimum Gasteiger partial charge on any atom is -0.494 e. The van der Waals surface area contributed by atoms with Crippen LogP contribution in [0.3, 0.4) is 0 Å². The Hall–Kier alpha value is -2.92. The van der Waals surface area contributed by atoms with Crippen molar-refractivity contribution in [3.63, 3.8) is 0 Å². The Morgan fingerprint density at radius 1 is 1.10 bits per heavy atom. The summed E-state index contributed by atoms with van der Waals surface area (Å²) in [4.78, 5) is 11.7. The summed E-state index contributed by atoms with van der Waals surface area (Å²) in [5.74, 6) is 1.41. The van der Waals surface area contributed by atoms with Crippen LogP contribution >= 0.6 is 11.6 Å². The zero-order valence-corrected chi connectivity index (χ0v) is 24.7. The predicted molar refractivity (Wildman–Crippen MR) is 158 cm³/mol. The molecule has 2 N–H and O–H groups in total. The van der Waals surface area contributed by atoms with Gasteiger partial charge in [0.1, 0.15) is 10.8 Å². The Morgan fingerprint density at radius 2 is 1.88 bits per heavy atom. The number of rotatable bonds is 8. The number of halogens is 1. The second kappa shape index (κ2) is 12.3. The van der Waals surface area contributed by atoms with Gasteiger partial charge in [-0.15, -0.1) is 0 Å². The number of fused-ring (bicyclic) bond motifs is 1. The Kier molecular flexibility index (Phi) is 8.80. The molecule has 2 aromatic carbocycles. The number of para-hydroxylation sites is 1. The fourth-order valence-corrected chi connectivity index (χ4v) is 6.77. The minimum absolute atomic E-state index is 0.192. The molecule has 40 heavy (non-hydrogen) atoms. The number of nitrogens with one attached hydrogen (secondary N) is 2. The van der Waals surface area contributed by atoms with Crippen LogP contribution in [0.15, 0.2) is 47.5 Å². The minimum atomic E-state index is -3.52. The van der Waals surface area contributed by atoms with Gasteiger partial charge >= 0.3 is 0 Å². The van der Waals surface area contributed by atoms with Gasteiger partial charge < -0.3 is 20.1 Å². The molecule has 1 unspecified atom stereocenters. The number of hydrogen-bond acceptors (Lipinski definition) is 9. The molecule has 0 amide bonds. The van der Waals surface area contributed by atoms with Crippen molar-refractivity contribution in [1.29, 1.82) is 0 Å². The molecule has 11 heteroatoms. The van der Waals surface area contributed by atoms with Gasteiger partial charge in [-0.3, -0.25) is 4.90 Å². The average molecular weight is 586 g/mol. The van der Waals surface area contributed by atoms with Gasteiger partial charge in [-0.05, 0) is 68.9 Å². The van der Waals surface area contributed by atoms with Gasteiger partial charge in [0, 0.05) is 19.1 Å². The van der Waals surface area contributed by atoms with Crippen molar-refractivity contribution in [2.24, 2.45) is 0 Å². The second-order valence-electron chi connectivity index (χ2n) is 10.4. The molecule has 1 atom stereocenters. The highest BCUT2D eigenvalue weighted by Crippen LogP contribution is 2.38. The lowest BCUT2D eigenvalue weighted by atomic mass is 9.99. The molecule has 0 spiro atoms. The molecule has 1 aliphatic heterocycles. The van der Waals surface area contributed by atoms with Crippen LogP contribution in [0.1, 0.15) is 37.8 Å². The summed E-state index contributed by atoms with van der Waals surface area (Å²) < 4.78 is 37.3. The maximum atomic E-state index is 12.9.